The molecule has 0 bridgehead atoms. The van der Waals surface area contributed by atoms with Gasteiger partial charge in [-0.05, 0) is 43.4 Å². The molecule has 2 N–H and O–H groups in total. The van der Waals surface area contributed by atoms with Crippen molar-refractivity contribution in [3.05, 3.63) is 0 Å². The van der Waals surface area contributed by atoms with Crippen molar-refractivity contribution in [1.82, 2.24) is 0 Å². The normalized spacial score (nSPS) is 44.1. The molecule has 4 atom stereocenters. The van der Waals surface area contributed by atoms with Crippen LogP contribution in [-0.4, -0.2) is 6.04 Å². The van der Waals surface area contributed by atoms with E-state index in [1.165, 1.54) is 51.4 Å². The van der Waals surface area contributed by atoms with Crippen LogP contribution in [-0.2, 0) is 0 Å². The summed E-state index contributed by atoms with van der Waals surface area (Å²) in [6.45, 7) is 2.35. The maximum Gasteiger partial charge on any atom is 0.00416 e. The highest BCUT2D eigenvalue weighted by atomic mass is 14.7. The summed E-state index contributed by atoms with van der Waals surface area (Å²) in [5.74, 6) is 3.05. The highest BCUT2D eigenvalue weighted by Crippen LogP contribution is 2.41. The summed E-state index contributed by atoms with van der Waals surface area (Å²) in [6, 6.07) is 0.530. The monoisotopic (exact) mass is 195 g/mol. The molecule has 2 fully saturated rings. The zero-order valence-corrected chi connectivity index (χ0v) is 9.54. The molecule has 1 nitrogen and oxygen atoms in total. The van der Waals surface area contributed by atoms with Crippen LogP contribution >= 0.6 is 0 Å². The van der Waals surface area contributed by atoms with Gasteiger partial charge in [-0.25, -0.2) is 0 Å². The van der Waals surface area contributed by atoms with E-state index in [-0.39, 0.29) is 0 Å². The summed E-state index contributed by atoms with van der Waals surface area (Å²) >= 11 is 0. The van der Waals surface area contributed by atoms with Gasteiger partial charge in [-0.1, -0.05) is 32.6 Å². The second kappa shape index (κ2) is 4.65. The van der Waals surface area contributed by atoms with E-state index in [0.29, 0.717) is 6.04 Å². The molecule has 2 saturated carbocycles. The predicted octanol–water partition coefficient (Wildman–Crippen LogP) is 3.33. The van der Waals surface area contributed by atoms with Gasteiger partial charge in [0, 0.05) is 6.04 Å². The number of nitrogens with two attached hydrogens (primary N) is 1. The molecule has 2 aliphatic rings. The van der Waals surface area contributed by atoms with Crippen molar-refractivity contribution in [1.29, 1.82) is 0 Å². The van der Waals surface area contributed by atoms with Gasteiger partial charge in [0.2, 0.25) is 0 Å². The third-order valence-electron chi connectivity index (χ3n) is 4.58. The summed E-state index contributed by atoms with van der Waals surface area (Å²) < 4.78 is 0. The zero-order chi connectivity index (χ0) is 9.97. The highest BCUT2D eigenvalue weighted by Gasteiger charge is 2.32. The smallest absolute Gasteiger partial charge is 0.00416 e. The van der Waals surface area contributed by atoms with Gasteiger partial charge >= 0.3 is 0 Å². The molecular formula is C13H25N. The standard InChI is InChI=1S/C13H25N/c1-2-10-4-3-5-11(8-10)12-6-7-13(14)9-12/h10-13H,2-9,14H2,1H3. The van der Waals surface area contributed by atoms with Crippen LogP contribution < -0.4 is 5.73 Å². The summed E-state index contributed by atoms with van der Waals surface area (Å²) in [5.41, 5.74) is 6.00. The minimum atomic E-state index is 0.530. The van der Waals surface area contributed by atoms with Crippen molar-refractivity contribution in [3.8, 4) is 0 Å². The topological polar surface area (TPSA) is 26.0 Å². The fraction of sp³-hybridized carbons (Fsp3) is 1.00. The minimum Gasteiger partial charge on any atom is -0.328 e. The van der Waals surface area contributed by atoms with E-state index in [2.05, 4.69) is 6.92 Å². The van der Waals surface area contributed by atoms with Crippen molar-refractivity contribution in [2.45, 2.75) is 64.3 Å². The van der Waals surface area contributed by atoms with Gasteiger partial charge in [0.15, 0.2) is 0 Å². The first-order valence-corrected chi connectivity index (χ1v) is 6.55. The number of hydrogen-bond acceptors (Lipinski definition) is 1. The summed E-state index contributed by atoms with van der Waals surface area (Å²) in [6.07, 6.45) is 11.4. The van der Waals surface area contributed by atoms with Gasteiger partial charge in [-0.15, -0.1) is 0 Å². The van der Waals surface area contributed by atoms with Crippen molar-refractivity contribution < 1.29 is 0 Å². The van der Waals surface area contributed by atoms with Crippen LogP contribution in [0.2, 0.25) is 0 Å². The molecule has 82 valence electrons. The van der Waals surface area contributed by atoms with Gasteiger partial charge in [-0.3, -0.25) is 0 Å². The molecule has 0 aliphatic heterocycles. The van der Waals surface area contributed by atoms with Gasteiger partial charge in [0.25, 0.3) is 0 Å². The van der Waals surface area contributed by atoms with Crippen LogP contribution in [0.15, 0.2) is 0 Å². The molecule has 0 aromatic heterocycles. The molecule has 0 saturated heterocycles. The molecule has 0 radical (unpaired) electrons. The SMILES string of the molecule is CCC1CCCC(C2CCC(N)C2)C1. The second-order valence-corrected chi connectivity index (χ2v) is 5.53. The quantitative estimate of drug-likeness (QED) is 0.718. The number of hydrogen-bond donors (Lipinski definition) is 1. The van der Waals surface area contributed by atoms with E-state index in [9.17, 15) is 0 Å². The molecule has 0 amide bonds. The molecule has 0 heterocycles. The summed E-state index contributed by atoms with van der Waals surface area (Å²) in [4.78, 5) is 0. The van der Waals surface area contributed by atoms with Crippen molar-refractivity contribution in [3.63, 3.8) is 0 Å². The molecule has 0 aromatic rings. The van der Waals surface area contributed by atoms with Crippen molar-refractivity contribution in [2.75, 3.05) is 0 Å². The molecule has 0 spiro atoms. The Kier molecular flexibility index (Phi) is 3.48. The molecule has 1 heteroatoms. The van der Waals surface area contributed by atoms with Crippen LogP contribution in [0.5, 0.6) is 0 Å². The predicted molar refractivity (Wildman–Crippen MR) is 61.1 cm³/mol. The summed E-state index contributed by atoms with van der Waals surface area (Å²) in [5, 5.41) is 0. The maximum atomic E-state index is 6.00. The van der Waals surface area contributed by atoms with Crippen LogP contribution in [0.1, 0.15) is 58.3 Å². The number of rotatable bonds is 2. The third-order valence-corrected chi connectivity index (χ3v) is 4.58. The molecule has 14 heavy (non-hydrogen) atoms. The lowest BCUT2D eigenvalue weighted by atomic mass is 9.74. The Bertz CT molecular complexity index is 178. The lowest BCUT2D eigenvalue weighted by Crippen LogP contribution is -2.23. The van der Waals surface area contributed by atoms with Crippen LogP contribution in [0.25, 0.3) is 0 Å². The Hall–Kier alpha value is -0.0400. The van der Waals surface area contributed by atoms with Gasteiger partial charge in [0.05, 0.1) is 0 Å². The van der Waals surface area contributed by atoms with E-state index in [0.717, 1.165) is 17.8 Å². The Labute approximate surface area is 88.4 Å². The van der Waals surface area contributed by atoms with E-state index >= 15 is 0 Å². The van der Waals surface area contributed by atoms with Gasteiger partial charge in [0.1, 0.15) is 0 Å². The lowest BCUT2D eigenvalue weighted by molar-refractivity contribution is 0.192. The fourth-order valence-electron chi connectivity index (χ4n) is 3.61. The third kappa shape index (κ3) is 2.31. The van der Waals surface area contributed by atoms with Crippen LogP contribution in [0.4, 0.5) is 0 Å². The van der Waals surface area contributed by atoms with E-state index < -0.39 is 0 Å². The Morgan fingerprint density at radius 3 is 2.43 bits per heavy atom. The van der Waals surface area contributed by atoms with Crippen LogP contribution in [0, 0.1) is 17.8 Å². The zero-order valence-electron chi connectivity index (χ0n) is 9.54. The molecule has 2 aliphatic carbocycles. The molecule has 2 rings (SSSR count). The summed E-state index contributed by atoms with van der Waals surface area (Å²) in [7, 11) is 0. The Morgan fingerprint density at radius 2 is 1.79 bits per heavy atom. The first-order chi connectivity index (χ1) is 6.79. The van der Waals surface area contributed by atoms with Crippen LogP contribution in [0.3, 0.4) is 0 Å². The van der Waals surface area contributed by atoms with E-state index in [1.807, 2.05) is 0 Å². The lowest BCUT2D eigenvalue weighted by Gasteiger charge is -2.32. The largest absolute Gasteiger partial charge is 0.328 e. The van der Waals surface area contributed by atoms with E-state index in [4.69, 9.17) is 5.73 Å². The Balaban J connectivity index is 1.84. The average Bonchev–Trinajstić information content (AvgIpc) is 2.65. The fourth-order valence-corrected chi connectivity index (χ4v) is 3.61. The second-order valence-electron chi connectivity index (χ2n) is 5.53. The molecular weight excluding hydrogens is 170 g/mol. The minimum absolute atomic E-state index is 0.530. The molecule has 0 aromatic carbocycles. The first kappa shape index (κ1) is 10.5. The van der Waals surface area contributed by atoms with E-state index in [1.54, 1.807) is 0 Å². The highest BCUT2D eigenvalue weighted by molar-refractivity contribution is 4.85. The average molecular weight is 195 g/mol. The van der Waals surface area contributed by atoms with Crippen molar-refractivity contribution >= 4 is 0 Å². The van der Waals surface area contributed by atoms with Gasteiger partial charge in [-0.2, -0.15) is 0 Å². The van der Waals surface area contributed by atoms with Crippen molar-refractivity contribution in [2.24, 2.45) is 23.5 Å². The van der Waals surface area contributed by atoms with Gasteiger partial charge < -0.3 is 5.73 Å². The maximum absolute atomic E-state index is 6.00. The molecule has 4 unspecified atom stereocenters. The first-order valence-electron chi connectivity index (χ1n) is 6.55. The Morgan fingerprint density at radius 1 is 1.00 bits per heavy atom.